The van der Waals surface area contributed by atoms with Crippen LogP contribution < -0.4 is 5.32 Å². The zero-order valence-electron chi connectivity index (χ0n) is 12.0. The molecular formula is C17H22N2O. The molecule has 3 heteroatoms. The van der Waals surface area contributed by atoms with Crippen molar-refractivity contribution < 1.29 is 5.11 Å². The molecule has 1 saturated heterocycles. The molecule has 3 unspecified atom stereocenters. The van der Waals surface area contributed by atoms with Crippen LogP contribution in [0.4, 0.5) is 0 Å². The van der Waals surface area contributed by atoms with Crippen molar-refractivity contribution >= 4 is 0 Å². The van der Waals surface area contributed by atoms with Gasteiger partial charge in [-0.1, -0.05) is 31.2 Å². The second-order valence-electron chi connectivity index (χ2n) is 6.31. The zero-order chi connectivity index (χ0) is 14.2. The fraction of sp³-hybridized carbons (Fsp3) is 0.588. The van der Waals surface area contributed by atoms with Gasteiger partial charge in [0.05, 0.1) is 11.7 Å². The smallest absolute Gasteiger partial charge is 0.111 e. The Bertz CT molecular complexity index is 550. The van der Waals surface area contributed by atoms with Crippen LogP contribution in [-0.2, 0) is 11.8 Å². The lowest BCUT2D eigenvalue weighted by molar-refractivity contribution is -0.0863. The van der Waals surface area contributed by atoms with Crippen LogP contribution in [0.2, 0.25) is 0 Å². The highest BCUT2D eigenvalue weighted by Crippen LogP contribution is 2.49. The van der Waals surface area contributed by atoms with E-state index in [1.165, 1.54) is 5.56 Å². The summed E-state index contributed by atoms with van der Waals surface area (Å²) in [4.78, 5) is 0. The van der Waals surface area contributed by atoms with Crippen LogP contribution in [-0.4, -0.2) is 23.8 Å². The third-order valence-electron chi connectivity index (χ3n) is 5.35. The van der Waals surface area contributed by atoms with E-state index in [1.54, 1.807) is 0 Å². The number of fused-ring (bicyclic) bond motifs is 1. The van der Waals surface area contributed by atoms with Crippen molar-refractivity contribution in [3.8, 4) is 6.07 Å². The maximum Gasteiger partial charge on any atom is 0.111 e. The Morgan fingerprint density at radius 3 is 2.90 bits per heavy atom. The molecule has 0 aromatic heterocycles. The van der Waals surface area contributed by atoms with Gasteiger partial charge < -0.3 is 10.4 Å². The predicted octanol–water partition coefficient (Wildman–Crippen LogP) is 2.14. The average molecular weight is 270 g/mol. The molecule has 3 nitrogen and oxygen atoms in total. The average Bonchev–Trinajstić information content (AvgIpc) is 2.49. The van der Waals surface area contributed by atoms with E-state index in [9.17, 15) is 10.4 Å². The van der Waals surface area contributed by atoms with E-state index in [0.717, 1.165) is 37.9 Å². The van der Waals surface area contributed by atoms with Crippen molar-refractivity contribution in [2.24, 2.45) is 5.92 Å². The van der Waals surface area contributed by atoms with Crippen LogP contribution in [0.15, 0.2) is 24.3 Å². The third kappa shape index (κ3) is 1.72. The van der Waals surface area contributed by atoms with Crippen molar-refractivity contribution in [3.05, 3.63) is 35.4 Å². The number of aryl methyl sites for hydroxylation is 1. The van der Waals surface area contributed by atoms with Crippen LogP contribution in [0.25, 0.3) is 0 Å². The van der Waals surface area contributed by atoms with Crippen molar-refractivity contribution in [2.45, 2.75) is 43.6 Å². The molecule has 1 aliphatic carbocycles. The largest absolute Gasteiger partial charge is 0.387 e. The van der Waals surface area contributed by atoms with E-state index in [-0.39, 0.29) is 5.92 Å². The highest BCUT2D eigenvalue weighted by atomic mass is 16.3. The number of nitrogens with zero attached hydrogens (tertiary/aromatic N) is 1. The fourth-order valence-electron chi connectivity index (χ4n) is 4.14. The van der Waals surface area contributed by atoms with E-state index in [4.69, 9.17) is 0 Å². The Morgan fingerprint density at radius 1 is 1.35 bits per heavy atom. The molecule has 3 atom stereocenters. The molecule has 2 N–H and O–H groups in total. The number of piperidine rings is 1. The number of hydrogen-bond donors (Lipinski definition) is 2. The first-order valence-corrected chi connectivity index (χ1v) is 7.57. The van der Waals surface area contributed by atoms with Crippen LogP contribution in [0.3, 0.4) is 0 Å². The van der Waals surface area contributed by atoms with Crippen molar-refractivity contribution in [2.75, 3.05) is 13.1 Å². The number of benzene rings is 1. The van der Waals surface area contributed by atoms with Gasteiger partial charge in [-0.25, -0.2) is 0 Å². The number of rotatable bonds is 1. The summed E-state index contributed by atoms with van der Waals surface area (Å²) in [5, 5.41) is 24.7. The summed E-state index contributed by atoms with van der Waals surface area (Å²) in [7, 11) is 0. The molecule has 1 aromatic carbocycles. The Hall–Kier alpha value is -1.37. The van der Waals surface area contributed by atoms with Gasteiger partial charge in [-0.15, -0.1) is 0 Å². The number of nitrogens with one attached hydrogen (secondary N) is 1. The number of aliphatic hydroxyl groups is 1. The van der Waals surface area contributed by atoms with Crippen LogP contribution in [0.5, 0.6) is 0 Å². The quantitative estimate of drug-likeness (QED) is 0.822. The maximum atomic E-state index is 11.4. The molecule has 0 bridgehead atoms. The summed E-state index contributed by atoms with van der Waals surface area (Å²) in [5.41, 5.74) is 0.622. The van der Waals surface area contributed by atoms with Gasteiger partial charge in [-0.3, -0.25) is 0 Å². The first kappa shape index (κ1) is 13.6. The molecular weight excluding hydrogens is 248 g/mol. The minimum atomic E-state index is -0.927. The minimum Gasteiger partial charge on any atom is -0.387 e. The monoisotopic (exact) mass is 270 g/mol. The molecule has 2 aliphatic rings. The molecule has 1 aromatic rings. The lowest BCUT2D eigenvalue weighted by Gasteiger charge is -2.51. The summed E-state index contributed by atoms with van der Waals surface area (Å²) >= 11 is 0. The first-order valence-electron chi connectivity index (χ1n) is 7.57. The van der Waals surface area contributed by atoms with Crippen molar-refractivity contribution in [1.82, 2.24) is 5.32 Å². The topological polar surface area (TPSA) is 56.0 Å². The summed E-state index contributed by atoms with van der Waals surface area (Å²) in [6.07, 6.45) is 3.41. The van der Waals surface area contributed by atoms with Gasteiger partial charge in [0.25, 0.3) is 0 Å². The summed E-state index contributed by atoms with van der Waals surface area (Å²) < 4.78 is 0. The Labute approximate surface area is 120 Å². The van der Waals surface area contributed by atoms with E-state index in [0.29, 0.717) is 6.42 Å². The van der Waals surface area contributed by atoms with Gasteiger partial charge in [-0.2, -0.15) is 5.26 Å². The SMILES string of the molecule is CC1CNCCC1(O)C1(C#N)CCCc2ccccc21. The third-order valence-corrected chi connectivity index (χ3v) is 5.35. The van der Waals surface area contributed by atoms with Crippen molar-refractivity contribution in [3.63, 3.8) is 0 Å². The summed E-state index contributed by atoms with van der Waals surface area (Å²) in [6.45, 7) is 3.62. The Kier molecular flexibility index (Phi) is 3.32. The van der Waals surface area contributed by atoms with Gasteiger partial charge in [0.15, 0.2) is 0 Å². The number of nitriles is 1. The van der Waals surface area contributed by atoms with E-state index >= 15 is 0 Å². The molecule has 0 saturated carbocycles. The molecule has 1 aliphatic heterocycles. The molecule has 106 valence electrons. The molecule has 0 amide bonds. The van der Waals surface area contributed by atoms with Crippen LogP contribution in [0, 0.1) is 17.2 Å². The predicted molar refractivity (Wildman–Crippen MR) is 78.3 cm³/mol. The summed E-state index contributed by atoms with van der Waals surface area (Å²) in [6, 6.07) is 10.7. The fourth-order valence-corrected chi connectivity index (χ4v) is 4.14. The van der Waals surface area contributed by atoms with Crippen LogP contribution in [0.1, 0.15) is 37.3 Å². The van der Waals surface area contributed by atoms with Crippen LogP contribution >= 0.6 is 0 Å². The Morgan fingerprint density at radius 2 is 2.15 bits per heavy atom. The maximum absolute atomic E-state index is 11.4. The van der Waals surface area contributed by atoms with Gasteiger partial charge in [0.1, 0.15) is 5.41 Å². The zero-order valence-corrected chi connectivity index (χ0v) is 12.0. The minimum absolute atomic E-state index is 0.0852. The second kappa shape index (κ2) is 4.87. The lowest BCUT2D eigenvalue weighted by atomic mass is 9.56. The van der Waals surface area contributed by atoms with Gasteiger partial charge in [0.2, 0.25) is 0 Å². The van der Waals surface area contributed by atoms with E-state index in [1.807, 2.05) is 18.2 Å². The molecule has 1 fully saturated rings. The standard InChI is InChI=1S/C17H22N2O/c1-13-11-19-10-9-17(13,20)16(12-18)8-4-6-14-5-2-3-7-15(14)16/h2-3,5,7,13,19-20H,4,6,8-11H2,1H3. The molecule has 20 heavy (non-hydrogen) atoms. The first-order chi connectivity index (χ1) is 9.64. The number of hydrogen-bond acceptors (Lipinski definition) is 3. The van der Waals surface area contributed by atoms with Gasteiger partial charge >= 0.3 is 0 Å². The normalized spacial score (nSPS) is 37.0. The second-order valence-corrected chi connectivity index (χ2v) is 6.31. The lowest BCUT2D eigenvalue weighted by Crippen LogP contribution is -2.62. The molecule has 1 heterocycles. The molecule has 3 rings (SSSR count). The highest BCUT2D eigenvalue weighted by molar-refractivity contribution is 5.45. The Balaban J connectivity index is 2.16. The van der Waals surface area contributed by atoms with Gasteiger partial charge in [0, 0.05) is 6.54 Å². The van der Waals surface area contributed by atoms with E-state index < -0.39 is 11.0 Å². The molecule has 0 spiro atoms. The van der Waals surface area contributed by atoms with Crippen molar-refractivity contribution in [1.29, 1.82) is 5.26 Å². The molecule has 0 radical (unpaired) electrons. The summed E-state index contributed by atoms with van der Waals surface area (Å²) in [5.74, 6) is 0.0852. The van der Waals surface area contributed by atoms with E-state index in [2.05, 4.69) is 24.4 Å². The van der Waals surface area contributed by atoms with Gasteiger partial charge in [-0.05, 0) is 49.3 Å². The highest BCUT2D eigenvalue weighted by Gasteiger charge is 2.56.